The fourth-order valence-electron chi connectivity index (χ4n) is 3.26. The van der Waals surface area contributed by atoms with Crippen molar-refractivity contribution in [3.63, 3.8) is 0 Å². The van der Waals surface area contributed by atoms with Gasteiger partial charge < -0.3 is 10.6 Å². The van der Waals surface area contributed by atoms with Gasteiger partial charge in [0.1, 0.15) is 0 Å². The van der Waals surface area contributed by atoms with Crippen molar-refractivity contribution in [3.05, 3.63) is 53.6 Å². The van der Waals surface area contributed by atoms with Crippen molar-refractivity contribution in [2.45, 2.75) is 50.7 Å². The van der Waals surface area contributed by atoms with Crippen LogP contribution in [0.2, 0.25) is 0 Å². The van der Waals surface area contributed by atoms with Crippen molar-refractivity contribution in [1.29, 1.82) is 0 Å². The Morgan fingerprint density at radius 2 is 1.84 bits per heavy atom. The smallest absolute Gasteiger partial charge is 0.238 e. The summed E-state index contributed by atoms with van der Waals surface area (Å²) >= 11 is 0. The van der Waals surface area contributed by atoms with Crippen LogP contribution in [0.5, 0.6) is 0 Å². The molecule has 2 rings (SSSR count). The first-order valence-electron chi connectivity index (χ1n) is 10.6. The topological polar surface area (TPSA) is 121 Å². The van der Waals surface area contributed by atoms with Gasteiger partial charge in [0.2, 0.25) is 10.0 Å². The first-order chi connectivity index (χ1) is 15.2. The summed E-state index contributed by atoms with van der Waals surface area (Å²) in [6.07, 6.45) is 0.781. The van der Waals surface area contributed by atoms with Gasteiger partial charge in [-0.3, -0.25) is 10.4 Å². The van der Waals surface area contributed by atoms with E-state index >= 15 is 0 Å². The SMILES string of the molecule is C=NNC(=NC(C)CC)c1c(-c2ccc(CNC(C)CNC)cc2)cccc1S(N)(=O)=O. The molecule has 0 aliphatic carbocycles. The van der Waals surface area contributed by atoms with Crippen LogP contribution in [0.3, 0.4) is 0 Å². The molecule has 9 heteroatoms. The maximum atomic E-state index is 12.4. The van der Waals surface area contributed by atoms with Gasteiger partial charge in [-0.1, -0.05) is 43.3 Å². The molecule has 0 fully saturated rings. The fourth-order valence-corrected chi connectivity index (χ4v) is 4.02. The minimum absolute atomic E-state index is 0.0140. The van der Waals surface area contributed by atoms with E-state index in [0.717, 1.165) is 30.6 Å². The van der Waals surface area contributed by atoms with Crippen LogP contribution in [0.25, 0.3) is 11.1 Å². The first kappa shape index (κ1) is 25.7. The molecular weight excluding hydrogens is 424 g/mol. The number of likely N-dealkylation sites (N-methyl/N-ethyl adjacent to an activating group) is 1. The summed E-state index contributed by atoms with van der Waals surface area (Å²) in [7, 11) is -2.07. The summed E-state index contributed by atoms with van der Waals surface area (Å²) < 4.78 is 24.8. The Kier molecular flexibility index (Phi) is 9.52. The molecule has 0 aliphatic heterocycles. The number of hydrazone groups is 1. The van der Waals surface area contributed by atoms with Gasteiger partial charge in [0.15, 0.2) is 5.84 Å². The van der Waals surface area contributed by atoms with Crippen LogP contribution in [0, 0.1) is 0 Å². The van der Waals surface area contributed by atoms with Gasteiger partial charge in [-0.2, -0.15) is 5.10 Å². The van der Waals surface area contributed by atoms with E-state index in [1.807, 2.05) is 51.2 Å². The second-order valence-corrected chi connectivity index (χ2v) is 9.30. The Morgan fingerprint density at radius 3 is 2.41 bits per heavy atom. The predicted octanol–water partition coefficient (Wildman–Crippen LogP) is 2.45. The van der Waals surface area contributed by atoms with Gasteiger partial charge in [-0.25, -0.2) is 13.6 Å². The maximum Gasteiger partial charge on any atom is 0.238 e. The zero-order chi connectivity index (χ0) is 23.7. The number of amidine groups is 1. The van der Waals surface area contributed by atoms with Crippen LogP contribution < -0.4 is 21.2 Å². The Labute approximate surface area is 191 Å². The zero-order valence-electron chi connectivity index (χ0n) is 19.2. The van der Waals surface area contributed by atoms with Gasteiger partial charge >= 0.3 is 0 Å². The summed E-state index contributed by atoms with van der Waals surface area (Å²) in [5, 5.41) is 15.9. The predicted molar refractivity (Wildman–Crippen MR) is 132 cm³/mol. The zero-order valence-corrected chi connectivity index (χ0v) is 20.0. The number of benzene rings is 2. The van der Waals surface area contributed by atoms with E-state index < -0.39 is 10.0 Å². The summed E-state index contributed by atoms with van der Waals surface area (Å²) in [6.45, 7) is 11.2. The first-order valence-corrected chi connectivity index (χ1v) is 12.2. The minimum Gasteiger partial charge on any atom is -0.318 e. The van der Waals surface area contributed by atoms with E-state index in [-0.39, 0.29) is 10.9 Å². The number of aliphatic imine (C=N–C) groups is 1. The third-order valence-corrected chi connectivity index (χ3v) is 6.08. The molecule has 0 aliphatic rings. The Morgan fingerprint density at radius 1 is 1.16 bits per heavy atom. The number of nitrogens with two attached hydrogens (primary N) is 1. The molecule has 8 nitrogen and oxygen atoms in total. The van der Waals surface area contributed by atoms with Gasteiger partial charge in [0.25, 0.3) is 0 Å². The van der Waals surface area contributed by atoms with Gasteiger partial charge in [0.05, 0.1) is 4.90 Å². The van der Waals surface area contributed by atoms with Crippen LogP contribution in [0.1, 0.15) is 38.3 Å². The number of nitrogens with zero attached hydrogens (tertiary/aromatic N) is 2. The van der Waals surface area contributed by atoms with E-state index in [4.69, 9.17) is 5.14 Å². The second kappa shape index (κ2) is 11.9. The van der Waals surface area contributed by atoms with Gasteiger partial charge in [-0.15, -0.1) is 0 Å². The molecular formula is C23H34N6O2S. The molecule has 32 heavy (non-hydrogen) atoms. The lowest BCUT2D eigenvalue weighted by molar-refractivity contribution is 0.523. The average molecular weight is 459 g/mol. The number of nitrogens with one attached hydrogen (secondary N) is 3. The normalized spacial score (nSPS) is 14.1. The molecule has 2 atom stereocenters. The van der Waals surface area contributed by atoms with E-state index in [1.54, 1.807) is 6.07 Å². The van der Waals surface area contributed by atoms with Crippen molar-refractivity contribution < 1.29 is 8.42 Å². The number of sulfonamides is 1. The average Bonchev–Trinajstić information content (AvgIpc) is 2.76. The van der Waals surface area contributed by atoms with E-state index in [2.05, 4.69) is 39.8 Å². The highest BCUT2D eigenvalue weighted by molar-refractivity contribution is 7.89. The van der Waals surface area contributed by atoms with Crippen LogP contribution in [-0.4, -0.2) is 46.6 Å². The van der Waals surface area contributed by atoms with Crippen molar-refractivity contribution in [2.75, 3.05) is 13.6 Å². The van der Waals surface area contributed by atoms with Crippen LogP contribution >= 0.6 is 0 Å². The molecule has 0 saturated heterocycles. The molecule has 5 N–H and O–H groups in total. The Bertz CT molecular complexity index is 1030. The largest absolute Gasteiger partial charge is 0.318 e. The summed E-state index contributed by atoms with van der Waals surface area (Å²) in [5.74, 6) is 0.320. The lowest BCUT2D eigenvalue weighted by atomic mass is 9.97. The van der Waals surface area contributed by atoms with Crippen LogP contribution in [0.4, 0.5) is 0 Å². The molecule has 0 saturated carbocycles. The molecule has 174 valence electrons. The molecule has 0 bridgehead atoms. The molecule has 2 aromatic rings. The lowest BCUT2D eigenvalue weighted by Gasteiger charge is -2.17. The molecule has 0 radical (unpaired) electrons. The molecule has 2 aromatic carbocycles. The maximum absolute atomic E-state index is 12.4. The third-order valence-electron chi connectivity index (χ3n) is 5.12. The van der Waals surface area contributed by atoms with Gasteiger partial charge in [-0.05, 0) is 50.1 Å². The van der Waals surface area contributed by atoms with Crippen LogP contribution in [-0.2, 0) is 16.6 Å². The molecule has 2 unspecified atom stereocenters. The van der Waals surface area contributed by atoms with E-state index in [1.165, 1.54) is 6.07 Å². The minimum atomic E-state index is -4.00. The molecule has 0 heterocycles. The number of primary sulfonamides is 1. The number of hydrogen-bond acceptors (Lipinski definition) is 6. The summed E-state index contributed by atoms with van der Waals surface area (Å²) in [5.41, 5.74) is 5.82. The third kappa shape index (κ3) is 6.96. The highest BCUT2D eigenvalue weighted by atomic mass is 32.2. The van der Waals surface area contributed by atoms with E-state index in [9.17, 15) is 8.42 Å². The highest BCUT2D eigenvalue weighted by Gasteiger charge is 2.22. The molecule has 0 spiro atoms. The van der Waals surface area contributed by atoms with Gasteiger partial charge in [0, 0.05) is 37.5 Å². The molecule has 0 amide bonds. The standard InChI is InChI=1S/C23H34N6O2S/c1-6-16(2)28-23(29-26-5)22-20(8-7-9-21(22)32(24,30)31)19-12-10-18(11-13-19)15-27-17(3)14-25-4/h7-13,16-17,25,27H,5-6,14-15H2,1-4H3,(H,28,29)(H2,24,30,31). The molecule has 0 aromatic heterocycles. The number of rotatable bonds is 11. The quantitative estimate of drug-likeness (QED) is 0.234. The van der Waals surface area contributed by atoms with Crippen molar-refractivity contribution in [1.82, 2.24) is 16.1 Å². The van der Waals surface area contributed by atoms with Crippen molar-refractivity contribution in [3.8, 4) is 11.1 Å². The van der Waals surface area contributed by atoms with E-state index in [0.29, 0.717) is 23.0 Å². The number of hydrogen-bond donors (Lipinski definition) is 4. The monoisotopic (exact) mass is 458 g/mol. The fraction of sp³-hybridized carbons (Fsp3) is 0.391. The van der Waals surface area contributed by atoms with Crippen LogP contribution in [0.15, 0.2) is 57.5 Å². The summed E-state index contributed by atoms with van der Waals surface area (Å²) in [4.78, 5) is 4.62. The van der Waals surface area contributed by atoms with Crippen molar-refractivity contribution in [2.24, 2.45) is 15.2 Å². The van der Waals surface area contributed by atoms with Crippen molar-refractivity contribution >= 4 is 22.6 Å². The summed E-state index contributed by atoms with van der Waals surface area (Å²) in [6, 6.07) is 13.3. The second-order valence-electron chi connectivity index (χ2n) is 7.77. The Hall–Kier alpha value is -2.59. The Balaban J connectivity index is 2.54. The highest BCUT2D eigenvalue weighted by Crippen LogP contribution is 2.29. The lowest BCUT2D eigenvalue weighted by Crippen LogP contribution is -2.34.